The minimum atomic E-state index is 0.130. The fraction of sp³-hybridized carbons (Fsp3) is 0.200. The van der Waals surface area contributed by atoms with Crippen LogP contribution in [0.3, 0.4) is 0 Å². The maximum atomic E-state index is 11.9. The molecule has 0 spiro atoms. The van der Waals surface area contributed by atoms with E-state index in [9.17, 15) is 3.89 Å². The van der Waals surface area contributed by atoms with E-state index in [1.165, 1.54) is 0 Å². The largest absolute Gasteiger partial charge is 0.340 e. The summed E-state index contributed by atoms with van der Waals surface area (Å²) < 4.78 is 14.5. The Labute approximate surface area is 92.8 Å². The van der Waals surface area contributed by atoms with Gasteiger partial charge >= 0.3 is 0 Å². The molecule has 0 fully saturated rings. The van der Waals surface area contributed by atoms with Crippen LogP contribution in [0.25, 0.3) is 0 Å². The molecule has 0 saturated carbocycles. The number of halogens is 1. The van der Waals surface area contributed by atoms with Gasteiger partial charge in [-0.3, -0.25) is 0 Å². The summed E-state index contributed by atoms with van der Waals surface area (Å²) in [5.74, 6) is 0.838. The number of hydrogen-bond acceptors (Lipinski definition) is 4. The van der Waals surface area contributed by atoms with Crippen molar-refractivity contribution in [1.82, 2.24) is 4.72 Å². The second kappa shape index (κ2) is 4.12. The van der Waals surface area contributed by atoms with Gasteiger partial charge in [0.1, 0.15) is 18.2 Å². The van der Waals surface area contributed by atoms with Gasteiger partial charge in [0.15, 0.2) is 0 Å². The second-order valence-corrected chi connectivity index (χ2v) is 3.78. The van der Waals surface area contributed by atoms with Crippen molar-refractivity contribution in [3.05, 3.63) is 36.2 Å². The Morgan fingerprint density at radius 1 is 1.60 bits per heavy atom. The summed E-state index contributed by atoms with van der Waals surface area (Å²) in [7, 11) is 1.95. The van der Waals surface area contributed by atoms with Crippen LogP contribution in [0.15, 0.2) is 30.6 Å². The van der Waals surface area contributed by atoms with Crippen molar-refractivity contribution in [2.75, 3.05) is 17.3 Å². The Morgan fingerprint density at radius 3 is 3.13 bits per heavy atom. The standard InChI is InChI=1S/C10H12FN3S/c1-7-13-10-8(6-12-15-11)4-3-5-9(10)14(7)2/h3-5,12-13H,1,6H2,2H3. The Kier molecular flexibility index (Phi) is 2.83. The predicted molar refractivity (Wildman–Crippen MR) is 63.1 cm³/mol. The molecule has 0 bridgehead atoms. The average molecular weight is 225 g/mol. The molecular weight excluding hydrogens is 213 g/mol. The van der Waals surface area contributed by atoms with Gasteiger partial charge in [-0.1, -0.05) is 18.7 Å². The number of para-hydroxylation sites is 1. The van der Waals surface area contributed by atoms with Crippen molar-refractivity contribution in [3.8, 4) is 0 Å². The lowest BCUT2D eigenvalue weighted by atomic mass is 10.1. The summed E-state index contributed by atoms with van der Waals surface area (Å²) >= 11 is 0.130. The van der Waals surface area contributed by atoms with Crippen molar-refractivity contribution >= 4 is 23.7 Å². The van der Waals surface area contributed by atoms with Crippen molar-refractivity contribution in [2.45, 2.75) is 6.54 Å². The van der Waals surface area contributed by atoms with E-state index in [0.29, 0.717) is 6.54 Å². The van der Waals surface area contributed by atoms with E-state index in [2.05, 4.69) is 16.6 Å². The molecule has 1 heterocycles. The van der Waals surface area contributed by atoms with Gasteiger partial charge in [0.05, 0.1) is 11.4 Å². The highest BCUT2D eigenvalue weighted by atomic mass is 32.2. The molecule has 0 saturated heterocycles. The van der Waals surface area contributed by atoms with Crippen LogP contribution in [0, 0.1) is 0 Å². The Morgan fingerprint density at radius 2 is 2.40 bits per heavy atom. The molecule has 2 rings (SSSR count). The van der Waals surface area contributed by atoms with E-state index in [1.54, 1.807) is 0 Å². The maximum absolute atomic E-state index is 11.9. The zero-order valence-electron chi connectivity index (χ0n) is 8.38. The van der Waals surface area contributed by atoms with Crippen molar-refractivity contribution < 1.29 is 3.89 Å². The summed E-state index contributed by atoms with van der Waals surface area (Å²) in [6.07, 6.45) is 0. The molecule has 1 aromatic carbocycles. The summed E-state index contributed by atoms with van der Waals surface area (Å²) in [6, 6.07) is 5.92. The van der Waals surface area contributed by atoms with Crippen LogP contribution in [0.2, 0.25) is 0 Å². The number of fused-ring (bicyclic) bond motifs is 1. The second-order valence-electron chi connectivity index (χ2n) is 3.34. The van der Waals surface area contributed by atoms with Gasteiger partial charge in [0.2, 0.25) is 0 Å². The molecule has 0 radical (unpaired) electrons. The van der Waals surface area contributed by atoms with E-state index in [1.807, 2.05) is 30.1 Å². The van der Waals surface area contributed by atoms with Gasteiger partial charge in [-0.05, 0) is 11.6 Å². The zero-order chi connectivity index (χ0) is 10.8. The summed E-state index contributed by atoms with van der Waals surface area (Å²) in [5, 5.41) is 3.18. The maximum Gasteiger partial charge on any atom is 0.131 e. The molecule has 15 heavy (non-hydrogen) atoms. The van der Waals surface area contributed by atoms with Crippen LogP contribution in [-0.2, 0) is 6.54 Å². The van der Waals surface area contributed by atoms with Crippen LogP contribution in [0.1, 0.15) is 5.56 Å². The first kappa shape index (κ1) is 10.3. The molecule has 0 aromatic heterocycles. The van der Waals surface area contributed by atoms with E-state index < -0.39 is 0 Å². The lowest BCUT2D eigenvalue weighted by Gasteiger charge is -2.11. The lowest BCUT2D eigenvalue weighted by molar-refractivity contribution is 0.874. The highest BCUT2D eigenvalue weighted by molar-refractivity contribution is 7.92. The van der Waals surface area contributed by atoms with E-state index in [0.717, 1.165) is 22.8 Å². The van der Waals surface area contributed by atoms with Crippen LogP contribution in [0.4, 0.5) is 15.3 Å². The molecular formula is C10H12FN3S. The molecule has 80 valence electrons. The molecule has 1 aromatic rings. The first-order valence-corrected chi connectivity index (χ1v) is 5.27. The van der Waals surface area contributed by atoms with E-state index in [4.69, 9.17) is 0 Å². The molecule has 2 N–H and O–H groups in total. The van der Waals surface area contributed by atoms with Crippen molar-refractivity contribution in [3.63, 3.8) is 0 Å². The third kappa shape index (κ3) is 1.80. The average Bonchev–Trinajstić information content (AvgIpc) is 2.53. The number of anilines is 2. The third-order valence-corrected chi connectivity index (χ3v) is 2.73. The number of nitrogens with zero attached hydrogens (tertiary/aromatic N) is 1. The Balaban J connectivity index is 2.32. The fourth-order valence-corrected chi connectivity index (χ4v) is 1.85. The minimum Gasteiger partial charge on any atom is -0.340 e. The number of hydrogen-bond donors (Lipinski definition) is 2. The molecule has 5 heteroatoms. The molecule has 3 nitrogen and oxygen atoms in total. The van der Waals surface area contributed by atoms with Gasteiger partial charge in [0.25, 0.3) is 0 Å². The summed E-state index contributed by atoms with van der Waals surface area (Å²) in [5.41, 5.74) is 3.11. The van der Waals surface area contributed by atoms with Crippen LogP contribution in [0.5, 0.6) is 0 Å². The molecule has 1 aliphatic rings. The van der Waals surface area contributed by atoms with Crippen molar-refractivity contribution in [2.24, 2.45) is 0 Å². The number of nitrogens with one attached hydrogen (secondary N) is 2. The molecule has 0 atom stereocenters. The number of rotatable bonds is 3. The Bertz CT molecular complexity index is 394. The molecule has 0 unspecified atom stereocenters. The fourth-order valence-electron chi connectivity index (χ4n) is 1.64. The van der Waals surface area contributed by atoms with E-state index >= 15 is 0 Å². The van der Waals surface area contributed by atoms with Gasteiger partial charge in [-0.15, -0.1) is 3.89 Å². The van der Waals surface area contributed by atoms with Gasteiger partial charge in [0, 0.05) is 13.6 Å². The quantitative estimate of drug-likeness (QED) is 0.773. The molecule has 0 amide bonds. The van der Waals surface area contributed by atoms with Gasteiger partial charge < -0.3 is 10.2 Å². The Hall–Kier alpha value is -1.20. The smallest absolute Gasteiger partial charge is 0.131 e. The molecule has 1 aliphatic heterocycles. The number of benzene rings is 1. The van der Waals surface area contributed by atoms with Gasteiger partial charge in [-0.25, -0.2) is 4.72 Å². The van der Waals surface area contributed by atoms with Crippen LogP contribution >= 0.6 is 12.3 Å². The first-order valence-electron chi connectivity index (χ1n) is 4.56. The van der Waals surface area contributed by atoms with Gasteiger partial charge in [-0.2, -0.15) is 0 Å². The highest BCUT2D eigenvalue weighted by Gasteiger charge is 2.20. The highest BCUT2D eigenvalue weighted by Crippen LogP contribution is 2.37. The predicted octanol–water partition coefficient (Wildman–Crippen LogP) is 2.64. The summed E-state index contributed by atoms with van der Waals surface area (Å²) in [4.78, 5) is 1.97. The molecule has 0 aliphatic carbocycles. The normalized spacial score (nSPS) is 14.0. The van der Waals surface area contributed by atoms with Crippen LogP contribution in [-0.4, -0.2) is 7.05 Å². The lowest BCUT2D eigenvalue weighted by Crippen LogP contribution is -2.12. The third-order valence-electron chi connectivity index (χ3n) is 2.48. The topological polar surface area (TPSA) is 27.3 Å². The van der Waals surface area contributed by atoms with Crippen molar-refractivity contribution in [1.29, 1.82) is 0 Å². The van der Waals surface area contributed by atoms with E-state index in [-0.39, 0.29) is 12.3 Å². The first-order chi connectivity index (χ1) is 7.24. The minimum absolute atomic E-state index is 0.130. The monoisotopic (exact) mass is 225 g/mol. The SMILES string of the molecule is C=C1Nc2c(CNSF)cccc2N1C. The van der Waals surface area contributed by atoms with Crippen LogP contribution < -0.4 is 14.9 Å². The summed E-state index contributed by atoms with van der Waals surface area (Å²) in [6.45, 7) is 4.37. The zero-order valence-corrected chi connectivity index (χ0v) is 9.20.